The van der Waals surface area contributed by atoms with Crippen LogP contribution in [0, 0.1) is 0 Å². The number of aromatic hydroxyl groups is 1. The van der Waals surface area contributed by atoms with E-state index in [0.29, 0.717) is 16.6 Å². The van der Waals surface area contributed by atoms with Gasteiger partial charge in [-0.05, 0) is 12.1 Å². The Kier molecular flexibility index (Phi) is 3.42. The Labute approximate surface area is 105 Å². The van der Waals surface area contributed by atoms with Crippen molar-refractivity contribution >= 4 is 17.7 Å². The van der Waals surface area contributed by atoms with Crippen molar-refractivity contribution in [1.29, 1.82) is 0 Å². The lowest BCUT2D eigenvalue weighted by Gasteiger charge is -1.98. The molecule has 6 nitrogen and oxygen atoms in total. The summed E-state index contributed by atoms with van der Waals surface area (Å²) < 4.78 is 10.0. The Hall–Kier alpha value is -2.15. The first kappa shape index (κ1) is 12.3. The van der Waals surface area contributed by atoms with Crippen molar-refractivity contribution in [2.45, 2.75) is 10.8 Å². The SMILES string of the molecule is O=C(O)c1ccc(SCc2cc(=O)c(O)co2)o1. The molecule has 0 bridgehead atoms. The number of furan rings is 1. The van der Waals surface area contributed by atoms with Crippen LogP contribution in [0.3, 0.4) is 0 Å². The van der Waals surface area contributed by atoms with Crippen LogP contribution in [0.5, 0.6) is 5.75 Å². The van der Waals surface area contributed by atoms with Crippen molar-refractivity contribution in [3.05, 3.63) is 46.2 Å². The Balaban J connectivity index is 2.04. The van der Waals surface area contributed by atoms with Crippen LogP contribution in [0.4, 0.5) is 0 Å². The van der Waals surface area contributed by atoms with Crippen LogP contribution in [0.1, 0.15) is 16.3 Å². The van der Waals surface area contributed by atoms with Crippen LogP contribution in [-0.4, -0.2) is 16.2 Å². The Morgan fingerprint density at radius 2 is 2.17 bits per heavy atom. The highest BCUT2D eigenvalue weighted by Crippen LogP contribution is 2.24. The van der Waals surface area contributed by atoms with E-state index >= 15 is 0 Å². The van der Waals surface area contributed by atoms with Crippen molar-refractivity contribution in [1.82, 2.24) is 0 Å². The maximum absolute atomic E-state index is 11.1. The number of aromatic carboxylic acids is 1. The minimum Gasteiger partial charge on any atom is -0.502 e. The molecule has 0 saturated heterocycles. The predicted octanol–water partition coefficient (Wildman–Crippen LogP) is 1.93. The third kappa shape index (κ3) is 2.75. The van der Waals surface area contributed by atoms with E-state index in [0.717, 1.165) is 6.26 Å². The van der Waals surface area contributed by atoms with E-state index in [9.17, 15) is 9.59 Å². The number of thioether (sulfide) groups is 1. The van der Waals surface area contributed by atoms with E-state index in [1.54, 1.807) is 0 Å². The molecule has 0 spiro atoms. The molecule has 18 heavy (non-hydrogen) atoms. The van der Waals surface area contributed by atoms with Gasteiger partial charge < -0.3 is 19.0 Å². The molecule has 7 heteroatoms. The van der Waals surface area contributed by atoms with Crippen molar-refractivity contribution in [3.63, 3.8) is 0 Å². The molecule has 0 aliphatic rings. The van der Waals surface area contributed by atoms with Gasteiger partial charge >= 0.3 is 5.97 Å². The van der Waals surface area contributed by atoms with Crippen LogP contribution in [0.25, 0.3) is 0 Å². The largest absolute Gasteiger partial charge is 0.502 e. The van der Waals surface area contributed by atoms with Gasteiger partial charge in [-0.2, -0.15) is 0 Å². The van der Waals surface area contributed by atoms with Crippen LogP contribution in [0.2, 0.25) is 0 Å². The van der Waals surface area contributed by atoms with Gasteiger partial charge in [0.15, 0.2) is 10.8 Å². The molecule has 2 N–H and O–H groups in total. The van der Waals surface area contributed by atoms with Crippen LogP contribution in [0.15, 0.2) is 43.2 Å². The Morgan fingerprint density at radius 1 is 1.39 bits per heavy atom. The maximum Gasteiger partial charge on any atom is 0.371 e. The summed E-state index contributed by atoms with van der Waals surface area (Å²) in [5.74, 6) is -1.09. The molecule has 0 radical (unpaired) electrons. The van der Waals surface area contributed by atoms with Crippen molar-refractivity contribution < 1.29 is 23.8 Å². The van der Waals surface area contributed by atoms with E-state index < -0.39 is 17.1 Å². The third-order valence-electron chi connectivity index (χ3n) is 2.02. The highest BCUT2D eigenvalue weighted by Gasteiger charge is 2.10. The molecule has 0 atom stereocenters. The molecular weight excluding hydrogens is 260 g/mol. The van der Waals surface area contributed by atoms with Gasteiger partial charge in [-0.3, -0.25) is 4.79 Å². The highest BCUT2D eigenvalue weighted by atomic mass is 32.2. The van der Waals surface area contributed by atoms with Gasteiger partial charge in [0.05, 0.1) is 5.75 Å². The average Bonchev–Trinajstić information content (AvgIpc) is 2.79. The van der Waals surface area contributed by atoms with E-state index in [4.69, 9.17) is 19.0 Å². The monoisotopic (exact) mass is 268 g/mol. The molecule has 0 unspecified atom stereocenters. The summed E-state index contributed by atoms with van der Waals surface area (Å²) in [4.78, 5) is 21.7. The van der Waals surface area contributed by atoms with E-state index in [-0.39, 0.29) is 5.76 Å². The first-order valence-corrected chi connectivity index (χ1v) is 5.81. The quantitative estimate of drug-likeness (QED) is 0.817. The summed E-state index contributed by atoms with van der Waals surface area (Å²) in [5, 5.41) is 18.1. The number of hydrogen-bond acceptors (Lipinski definition) is 6. The van der Waals surface area contributed by atoms with Gasteiger partial charge in [-0.25, -0.2) is 4.79 Å². The van der Waals surface area contributed by atoms with Gasteiger partial charge in [-0.1, -0.05) is 11.8 Å². The van der Waals surface area contributed by atoms with Gasteiger partial charge in [0.2, 0.25) is 11.2 Å². The number of rotatable bonds is 4. The number of hydrogen-bond donors (Lipinski definition) is 2. The van der Waals surface area contributed by atoms with Crippen molar-refractivity contribution in [2.75, 3.05) is 0 Å². The molecule has 0 aliphatic carbocycles. The van der Waals surface area contributed by atoms with Crippen molar-refractivity contribution in [3.8, 4) is 5.75 Å². The second kappa shape index (κ2) is 5.01. The smallest absolute Gasteiger partial charge is 0.371 e. The molecule has 94 valence electrons. The molecule has 2 rings (SSSR count). The van der Waals surface area contributed by atoms with Gasteiger partial charge in [0.1, 0.15) is 12.0 Å². The van der Waals surface area contributed by atoms with Crippen molar-refractivity contribution in [2.24, 2.45) is 0 Å². The third-order valence-corrected chi connectivity index (χ3v) is 2.95. The summed E-state index contributed by atoms with van der Waals surface area (Å²) in [6.07, 6.45) is 0.961. The van der Waals surface area contributed by atoms with E-state index in [2.05, 4.69) is 0 Å². The number of carboxylic acid groups (broad SMARTS) is 1. The predicted molar refractivity (Wildman–Crippen MR) is 61.9 cm³/mol. The van der Waals surface area contributed by atoms with E-state index in [1.807, 2.05) is 0 Å². The fourth-order valence-corrected chi connectivity index (χ4v) is 1.92. The second-order valence-corrected chi connectivity index (χ2v) is 4.29. The lowest BCUT2D eigenvalue weighted by molar-refractivity contribution is 0.0656. The van der Waals surface area contributed by atoms with Gasteiger partial charge in [0, 0.05) is 6.07 Å². The molecule has 2 aromatic rings. The molecule has 2 aromatic heterocycles. The molecule has 0 amide bonds. The zero-order chi connectivity index (χ0) is 13.1. The topological polar surface area (TPSA) is 101 Å². The lowest BCUT2D eigenvalue weighted by Crippen LogP contribution is -1.98. The average molecular weight is 268 g/mol. The summed E-state index contributed by atoms with van der Waals surface area (Å²) in [7, 11) is 0. The zero-order valence-electron chi connectivity index (χ0n) is 8.95. The minimum absolute atomic E-state index is 0.148. The lowest BCUT2D eigenvalue weighted by atomic mass is 10.4. The molecule has 0 fully saturated rings. The minimum atomic E-state index is -1.14. The fourth-order valence-electron chi connectivity index (χ4n) is 1.17. The highest BCUT2D eigenvalue weighted by molar-refractivity contribution is 7.98. The molecule has 0 aromatic carbocycles. The summed E-state index contributed by atoms with van der Waals surface area (Å²) in [5.41, 5.74) is -0.525. The van der Waals surface area contributed by atoms with Gasteiger partial charge in [0.25, 0.3) is 0 Å². The van der Waals surface area contributed by atoms with Crippen LogP contribution < -0.4 is 5.43 Å². The summed E-state index contributed by atoms with van der Waals surface area (Å²) in [6, 6.07) is 4.04. The number of carboxylic acids is 1. The number of carbonyl (C=O) groups is 1. The molecule has 0 aliphatic heterocycles. The molecule has 0 saturated carbocycles. The first-order valence-electron chi connectivity index (χ1n) is 4.83. The van der Waals surface area contributed by atoms with E-state index in [1.165, 1.54) is 30.0 Å². The Bertz CT molecular complexity index is 626. The first-order chi connectivity index (χ1) is 8.56. The molecular formula is C11H8O6S. The zero-order valence-corrected chi connectivity index (χ0v) is 9.77. The summed E-state index contributed by atoms with van der Waals surface area (Å²) in [6.45, 7) is 0. The Morgan fingerprint density at radius 3 is 2.78 bits per heavy atom. The fraction of sp³-hybridized carbons (Fsp3) is 0.0909. The summed E-state index contributed by atoms with van der Waals surface area (Å²) >= 11 is 1.18. The van der Waals surface area contributed by atoms with Gasteiger partial charge in [-0.15, -0.1) is 0 Å². The maximum atomic E-state index is 11.1. The normalized spacial score (nSPS) is 10.4. The molecule has 2 heterocycles. The van der Waals surface area contributed by atoms with Crippen LogP contribution in [-0.2, 0) is 5.75 Å². The standard InChI is InChI=1S/C11H8O6S/c12-7-3-6(16-4-8(7)13)5-18-10-2-1-9(17-10)11(14)15/h1-4,13H,5H2,(H,14,15). The van der Waals surface area contributed by atoms with Crippen LogP contribution >= 0.6 is 11.8 Å². The second-order valence-electron chi connectivity index (χ2n) is 3.31.